The van der Waals surface area contributed by atoms with Crippen LogP contribution in [0.5, 0.6) is 11.5 Å². The van der Waals surface area contributed by atoms with Gasteiger partial charge in [0.05, 0.1) is 126 Å². The van der Waals surface area contributed by atoms with Gasteiger partial charge in [0.25, 0.3) is 0 Å². The van der Waals surface area contributed by atoms with Gasteiger partial charge >= 0.3 is 13.2 Å². The number of nitrogens with one attached hydrogen (secondary N) is 5. The van der Waals surface area contributed by atoms with Crippen LogP contribution < -0.4 is 36.1 Å². The van der Waals surface area contributed by atoms with Gasteiger partial charge in [-0.2, -0.15) is 33.3 Å². The van der Waals surface area contributed by atoms with E-state index in [4.69, 9.17) is 0 Å². The second-order valence-electron chi connectivity index (χ2n) is 39.9. The van der Waals surface area contributed by atoms with Crippen molar-refractivity contribution in [1.29, 1.82) is 15.8 Å². The highest BCUT2D eigenvalue weighted by molar-refractivity contribution is 5.98. The minimum atomic E-state index is -2.91. The molecule has 0 bridgehead atoms. The van der Waals surface area contributed by atoms with Crippen LogP contribution in [-0.4, -0.2) is 151 Å². The summed E-state index contributed by atoms with van der Waals surface area (Å²) >= 11 is 0. The molecule has 5 heterocycles. The van der Waals surface area contributed by atoms with Gasteiger partial charge in [-0.25, -0.2) is 29.3 Å². The lowest BCUT2D eigenvalue weighted by atomic mass is 9.78. The number of nitrogens with zero attached hydrogens (tertiary/aromatic N) is 13. The molecule has 5 amide bonds. The molecule has 0 spiro atoms. The molecule has 30 nitrogen and oxygen atoms in total. The Balaban J connectivity index is 0.000000133. The predicted octanol–water partition coefficient (Wildman–Crippen LogP) is 18.4. The molecule has 8 fully saturated rings. The standard InChI is InChI=1S/C21H25FN4O2.2C20H24N4O2.2C18H23F2N3O3/c1-2-21(28,12-22)10-18(27)25-20-24-17-9-8-15(13-6-7-13)16(11-23)19(17)26(20)14-4-3-5-14;2*1-20(2,26)10-17(25)23-19-22-16-9-8-14(12-6-7-12)15(11-21)18(16)24(19)13-4-3-5-13;2*1-17(2,25)10-14(24)22-16-21-12-6-5-11(26-15(19)20)9-13(12)23(16)18(3)7-4-8-18/h8-9,13-14,28H,2-7,10,12H2,1H3,(H,24,25,27);2*8-9,12-13,26H,3-7,10H2,1-2H3,(H,22,23,25);2*5-6,9,15,25H,4,7-8,10H2,1-3H3,(H,21,22,24). The number of benzene rings is 5. The average Bonchev–Trinajstić information content (AvgIpc) is 1.61. The van der Waals surface area contributed by atoms with Gasteiger partial charge in [0, 0.05) is 41.3 Å². The average molecular weight is 1820 g/mol. The summed E-state index contributed by atoms with van der Waals surface area (Å²) in [5.41, 5.74) is 5.80. The van der Waals surface area contributed by atoms with E-state index in [2.05, 4.69) is 79.2 Å². The quantitative estimate of drug-likeness (QED) is 0.0195. The summed E-state index contributed by atoms with van der Waals surface area (Å²) in [6, 6.07) is 28.8. The fourth-order valence-corrected chi connectivity index (χ4v) is 18.0. The summed E-state index contributed by atoms with van der Waals surface area (Å²) in [5.74, 6) is 1.82. The minimum Gasteiger partial charge on any atom is -0.435 e. The second kappa shape index (κ2) is 38.5. The highest BCUT2D eigenvalue weighted by Crippen LogP contribution is 2.51. The summed E-state index contributed by atoms with van der Waals surface area (Å²) < 4.78 is 82.1. The Kier molecular flexibility index (Phi) is 28.1. The number of fused-ring (bicyclic) bond motifs is 5. The highest BCUT2D eigenvalue weighted by atomic mass is 19.3. The number of imidazole rings is 5. The van der Waals surface area contributed by atoms with Crippen LogP contribution in [0.15, 0.2) is 72.8 Å². The van der Waals surface area contributed by atoms with Crippen LogP contribution in [-0.2, 0) is 35.1 Å². The number of nitriles is 3. The Morgan fingerprint density at radius 2 is 0.682 bits per heavy atom. The van der Waals surface area contributed by atoms with Gasteiger partial charge in [0.1, 0.15) is 42.0 Å². The van der Waals surface area contributed by atoms with Crippen LogP contribution in [0.25, 0.3) is 55.2 Å². The van der Waals surface area contributed by atoms with Crippen molar-refractivity contribution in [3.63, 3.8) is 0 Å². The van der Waals surface area contributed by atoms with Gasteiger partial charge in [0.15, 0.2) is 0 Å². The van der Waals surface area contributed by atoms with E-state index in [9.17, 15) is 87.2 Å². The van der Waals surface area contributed by atoms with E-state index in [1.165, 1.54) is 24.3 Å². The number of ether oxygens (including phenoxy) is 2. The third kappa shape index (κ3) is 22.5. The number of anilines is 5. The van der Waals surface area contributed by atoms with Crippen molar-refractivity contribution in [2.75, 3.05) is 33.3 Å². The number of halogens is 5. The first kappa shape index (κ1) is 96.4. The van der Waals surface area contributed by atoms with E-state index < -0.39 is 53.8 Å². The maximum atomic E-state index is 13.1. The smallest absolute Gasteiger partial charge is 0.387 e. The Morgan fingerprint density at radius 3 is 0.902 bits per heavy atom. The molecule has 5 aromatic carbocycles. The zero-order valence-electron chi connectivity index (χ0n) is 76.6. The lowest BCUT2D eigenvalue weighted by molar-refractivity contribution is -0.122. The van der Waals surface area contributed by atoms with E-state index in [-0.39, 0.29) is 103 Å². The molecule has 8 saturated carbocycles. The Bertz CT molecular complexity index is 5830. The fourth-order valence-electron chi connectivity index (χ4n) is 18.0. The molecule has 8 aliphatic carbocycles. The molecule has 704 valence electrons. The van der Waals surface area contributed by atoms with E-state index in [0.717, 1.165) is 179 Å². The number of alkyl halides is 5. The molecule has 0 radical (unpaired) electrons. The number of carbonyl (C=O) groups is 5. The topological polar surface area (TPSA) is 426 Å². The lowest BCUT2D eigenvalue weighted by Gasteiger charge is -2.41. The van der Waals surface area contributed by atoms with Gasteiger partial charge in [-0.1, -0.05) is 25.1 Å². The summed E-state index contributed by atoms with van der Waals surface area (Å²) in [5, 5.41) is 93.1. The molecule has 0 aliphatic heterocycles. The number of carbonyl (C=O) groups excluding carboxylic acids is 5. The molecular weight excluding hydrogens is 1700 g/mol. The molecule has 8 aliphatic rings. The first-order valence-corrected chi connectivity index (χ1v) is 45.9. The number of amides is 5. The van der Waals surface area contributed by atoms with Crippen molar-refractivity contribution < 1.29 is 80.9 Å². The van der Waals surface area contributed by atoms with Crippen LogP contribution in [0, 0.1) is 34.0 Å². The molecule has 10 aromatic rings. The van der Waals surface area contributed by atoms with Gasteiger partial charge in [-0.15, -0.1) is 0 Å². The fraction of sp³-hybridized carbons (Fsp3) is 0.557. The van der Waals surface area contributed by atoms with Crippen LogP contribution in [0.2, 0.25) is 0 Å². The summed E-state index contributed by atoms with van der Waals surface area (Å²) in [6.07, 6.45) is 21.5. The first-order valence-electron chi connectivity index (χ1n) is 45.9. The zero-order valence-corrected chi connectivity index (χ0v) is 76.6. The number of aliphatic hydroxyl groups is 5. The molecule has 1 unspecified atom stereocenters. The van der Waals surface area contributed by atoms with Crippen molar-refractivity contribution in [3.8, 4) is 29.7 Å². The zero-order chi connectivity index (χ0) is 95.1. The third-order valence-corrected chi connectivity index (χ3v) is 26.0. The number of rotatable bonds is 29. The normalized spacial score (nSPS) is 17.6. The summed E-state index contributed by atoms with van der Waals surface area (Å²) in [6.45, 7) is 11.6. The largest absolute Gasteiger partial charge is 0.435 e. The minimum absolute atomic E-state index is 0.000691. The van der Waals surface area contributed by atoms with Crippen LogP contribution >= 0.6 is 0 Å². The monoisotopic (exact) mass is 1820 g/mol. The number of aromatic nitrogens is 10. The van der Waals surface area contributed by atoms with Gasteiger partial charge in [-0.3, -0.25) is 50.6 Å². The van der Waals surface area contributed by atoms with E-state index in [1.807, 2.05) is 73.1 Å². The van der Waals surface area contributed by atoms with Crippen molar-refractivity contribution >= 4 is 114 Å². The van der Waals surface area contributed by atoms with Gasteiger partial charge in [-0.05, 0) is 287 Å². The first-order chi connectivity index (χ1) is 62.4. The summed E-state index contributed by atoms with van der Waals surface area (Å²) in [7, 11) is 0. The van der Waals surface area contributed by atoms with Crippen LogP contribution in [0.3, 0.4) is 0 Å². The van der Waals surface area contributed by atoms with E-state index >= 15 is 0 Å². The molecule has 5 aromatic heterocycles. The van der Waals surface area contributed by atoms with E-state index in [0.29, 0.717) is 91.8 Å². The van der Waals surface area contributed by atoms with Crippen LogP contribution in [0.4, 0.5) is 51.7 Å². The highest BCUT2D eigenvalue weighted by Gasteiger charge is 2.42. The number of hydrogen-bond acceptors (Lipinski definition) is 20. The maximum absolute atomic E-state index is 13.1. The number of hydrogen-bond donors (Lipinski definition) is 10. The van der Waals surface area contributed by atoms with Crippen molar-refractivity contribution in [2.45, 2.75) is 338 Å². The Labute approximate surface area is 762 Å². The van der Waals surface area contributed by atoms with Crippen molar-refractivity contribution in [2.24, 2.45) is 0 Å². The molecular formula is C97H119F5N18O12. The Hall–Kier alpha value is -11.7. The molecule has 1 atom stereocenters. The molecule has 10 N–H and O–H groups in total. The molecule has 18 rings (SSSR count). The maximum Gasteiger partial charge on any atom is 0.387 e. The SMILES string of the molecule is CC(C)(O)CC(=O)Nc1nc2ccc(C3CC3)c(C#N)c2n1C1CCC1.CC(C)(O)CC(=O)Nc1nc2ccc(C3CC3)c(C#N)c2n1C1CCC1.CC(C)(O)CC(=O)Nc1nc2ccc(OC(F)F)cc2n1C1(C)CCC1.CC(C)(O)CC(=O)Nc1nc2ccc(OC(F)F)cc2n1C1(C)CCC1.CCC(O)(CF)CC(=O)Nc1nc2ccc(C3CC3)c(C#N)c2n1C1CCC1. The second-order valence-corrected chi connectivity index (χ2v) is 39.9. The van der Waals surface area contributed by atoms with Crippen LogP contribution in [0.1, 0.15) is 319 Å². The molecule has 35 heteroatoms. The van der Waals surface area contributed by atoms with E-state index in [1.54, 1.807) is 74.4 Å². The van der Waals surface area contributed by atoms with Crippen molar-refractivity contribution in [1.82, 2.24) is 47.8 Å². The van der Waals surface area contributed by atoms with Gasteiger partial charge in [0.2, 0.25) is 59.3 Å². The lowest BCUT2D eigenvalue weighted by Crippen LogP contribution is -2.38. The predicted molar refractivity (Wildman–Crippen MR) is 488 cm³/mol. The van der Waals surface area contributed by atoms with Gasteiger partial charge < -0.3 is 57.8 Å². The van der Waals surface area contributed by atoms with Crippen molar-refractivity contribution in [3.05, 3.63) is 106 Å². The Morgan fingerprint density at radius 1 is 0.417 bits per heavy atom. The third-order valence-electron chi connectivity index (χ3n) is 26.0. The molecule has 132 heavy (non-hydrogen) atoms. The molecule has 0 saturated heterocycles. The summed E-state index contributed by atoms with van der Waals surface area (Å²) in [4.78, 5) is 84.4.